The predicted molar refractivity (Wildman–Crippen MR) is 176 cm³/mol. The average Bonchev–Trinajstić information content (AvgIpc) is 3.68. The molecule has 7 rings (SSSR count). The summed E-state index contributed by atoms with van der Waals surface area (Å²) in [7, 11) is -3.20. The van der Waals surface area contributed by atoms with E-state index in [1.54, 1.807) is 30.9 Å². The fourth-order valence-corrected chi connectivity index (χ4v) is 6.80. The monoisotopic (exact) mass is 637 g/mol. The molecule has 234 valence electrons. The Balaban J connectivity index is 1.21. The maximum atomic E-state index is 14.7. The molecule has 12 heteroatoms. The molecule has 1 amide bonds. The van der Waals surface area contributed by atoms with Crippen LogP contribution < -0.4 is 5.32 Å². The first-order valence-electron chi connectivity index (χ1n) is 15.3. The maximum absolute atomic E-state index is 14.7. The van der Waals surface area contributed by atoms with E-state index in [4.69, 9.17) is 0 Å². The van der Waals surface area contributed by atoms with Gasteiger partial charge in [-0.3, -0.25) is 19.9 Å². The highest BCUT2D eigenvalue weighted by Crippen LogP contribution is 2.35. The number of anilines is 1. The standard InChI is InChI=1S/C34H32FN7O3S/c1-46(44,45)10-8-20-11-22(13-25(35)12-20)31-27-16-30(40-29(27)7-9-37-31)32-28-15-24(18-38-33(28)42-41-32)23-14-26(19-36-17-23)39-34(43)21-5-3-2-4-6-21/h7,9,11-19,21,40H,2-6,8,10H2,1H3,(H,39,43)(H,38,41,42). The van der Waals surface area contributed by atoms with Crippen molar-refractivity contribution in [1.29, 1.82) is 0 Å². The van der Waals surface area contributed by atoms with Crippen molar-refractivity contribution in [2.45, 2.75) is 38.5 Å². The second-order valence-corrected chi connectivity index (χ2v) is 14.3. The van der Waals surface area contributed by atoms with Gasteiger partial charge in [0.1, 0.15) is 15.7 Å². The Morgan fingerprint density at radius 1 is 0.957 bits per heavy atom. The Kier molecular flexibility index (Phi) is 7.81. The van der Waals surface area contributed by atoms with Crippen LogP contribution in [0.3, 0.4) is 0 Å². The molecule has 3 N–H and O–H groups in total. The summed E-state index contributed by atoms with van der Waals surface area (Å²) in [6, 6.07) is 12.2. The summed E-state index contributed by atoms with van der Waals surface area (Å²) in [6.45, 7) is 0. The largest absolute Gasteiger partial charge is 0.353 e. The van der Waals surface area contributed by atoms with Crippen LogP contribution in [-0.4, -0.2) is 56.5 Å². The van der Waals surface area contributed by atoms with Gasteiger partial charge in [0.25, 0.3) is 0 Å². The zero-order valence-electron chi connectivity index (χ0n) is 25.2. The van der Waals surface area contributed by atoms with Crippen LogP contribution in [0.15, 0.2) is 67.3 Å². The number of pyridine rings is 3. The third-order valence-corrected chi connectivity index (χ3v) is 9.48. The summed E-state index contributed by atoms with van der Waals surface area (Å²) >= 11 is 0. The van der Waals surface area contributed by atoms with Crippen molar-refractivity contribution in [2.75, 3.05) is 17.3 Å². The van der Waals surface area contributed by atoms with Gasteiger partial charge < -0.3 is 10.3 Å². The van der Waals surface area contributed by atoms with Crippen LogP contribution in [0.1, 0.15) is 37.7 Å². The SMILES string of the molecule is CS(=O)(=O)CCc1cc(F)cc(-c2nccc3[nH]c(-c4[nH]nc5ncc(-c6cncc(NC(=O)C7CCCCC7)c6)cc45)cc23)c1. The van der Waals surface area contributed by atoms with E-state index >= 15 is 0 Å². The quantitative estimate of drug-likeness (QED) is 0.173. The zero-order chi connectivity index (χ0) is 31.8. The van der Waals surface area contributed by atoms with Crippen LogP contribution in [0.2, 0.25) is 0 Å². The lowest BCUT2D eigenvalue weighted by atomic mass is 9.88. The molecule has 1 aliphatic carbocycles. The number of aromatic nitrogens is 6. The van der Waals surface area contributed by atoms with E-state index in [0.717, 1.165) is 58.8 Å². The molecule has 10 nitrogen and oxygen atoms in total. The minimum absolute atomic E-state index is 0.0405. The van der Waals surface area contributed by atoms with E-state index in [0.29, 0.717) is 33.8 Å². The lowest BCUT2D eigenvalue weighted by Crippen LogP contribution is -2.24. The van der Waals surface area contributed by atoms with Crippen molar-refractivity contribution in [1.82, 2.24) is 30.1 Å². The van der Waals surface area contributed by atoms with E-state index in [1.165, 1.54) is 24.8 Å². The Labute approximate surface area is 264 Å². The van der Waals surface area contributed by atoms with E-state index in [2.05, 4.69) is 35.5 Å². The zero-order valence-corrected chi connectivity index (χ0v) is 26.0. The molecule has 6 aromatic rings. The maximum Gasteiger partial charge on any atom is 0.227 e. The number of carbonyl (C=O) groups excluding carboxylic acids is 1. The highest BCUT2D eigenvalue weighted by atomic mass is 32.2. The molecule has 46 heavy (non-hydrogen) atoms. The molecule has 5 aromatic heterocycles. The van der Waals surface area contributed by atoms with Crippen molar-refractivity contribution >= 4 is 43.4 Å². The van der Waals surface area contributed by atoms with Gasteiger partial charge in [-0.15, -0.1) is 0 Å². The second-order valence-electron chi connectivity index (χ2n) is 12.0. The number of halogens is 1. The first kappa shape index (κ1) is 29.7. The number of benzene rings is 1. The summed E-state index contributed by atoms with van der Waals surface area (Å²) in [5.74, 6) is -0.444. The first-order chi connectivity index (χ1) is 22.2. The molecule has 0 bridgehead atoms. The number of amides is 1. The smallest absolute Gasteiger partial charge is 0.227 e. The Bertz CT molecular complexity index is 2200. The highest BCUT2D eigenvalue weighted by Gasteiger charge is 2.21. The van der Waals surface area contributed by atoms with E-state index in [1.807, 2.05) is 24.3 Å². The topological polar surface area (TPSA) is 146 Å². The molecular formula is C34H32FN7O3S. The number of nitrogens with zero attached hydrogens (tertiary/aromatic N) is 4. The van der Waals surface area contributed by atoms with Gasteiger partial charge in [0.15, 0.2) is 5.65 Å². The van der Waals surface area contributed by atoms with Crippen molar-refractivity contribution in [3.8, 4) is 33.8 Å². The summed E-state index contributed by atoms with van der Waals surface area (Å²) in [5.41, 5.74) is 6.77. The average molecular weight is 638 g/mol. The molecule has 1 saturated carbocycles. The van der Waals surface area contributed by atoms with Crippen molar-refractivity contribution in [3.05, 3.63) is 78.6 Å². The van der Waals surface area contributed by atoms with E-state index in [9.17, 15) is 17.6 Å². The minimum Gasteiger partial charge on any atom is -0.353 e. The lowest BCUT2D eigenvalue weighted by molar-refractivity contribution is -0.120. The first-order valence-corrected chi connectivity index (χ1v) is 17.3. The van der Waals surface area contributed by atoms with Crippen LogP contribution >= 0.6 is 0 Å². The molecular weight excluding hydrogens is 605 g/mol. The van der Waals surface area contributed by atoms with Crippen LogP contribution in [0.4, 0.5) is 10.1 Å². The molecule has 1 fully saturated rings. The number of aryl methyl sites for hydroxylation is 1. The third-order valence-electron chi connectivity index (χ3n) is 8.53. The number of H-pyrrole nitrogens is 2. The molecule has 0 unspecified atom stereocenters. The van der Waals surface area contributed by atoms with Gasteiger partial charge in [0, 0.05) is 63.7 Å². The second kappa shape index (κ2) is 12.1. The number of aromatic amines is 2. The van der Waals surface area contributed by atoms with Crippen LogP contribution in [0.25, 0.3) is 55.7 Å². The number of nitrogens with one attached hydrogen (secondary N) is 3. The highest BCUT2D eigenvalue weighted by molar-refractivity contribution is 7.90. The molecule has 0 spiro atoms. The van der Waals surface area contributed by atoms with Crippen molar-refractivity contribution in [3.63, 3.8) is 0 Å². The Morgan fingerprint density at radius 3 is 2.61 bits per heavy atom. The van der Waals surface area contributed by atoms with Gasteiger partial charge in [-0.05, 0) is 67.3 Å². The van der Waals surface area contributed by atoms with E-state index < -0.39 is 15.7 Å². The van der Waals surface area contributed by atoms with Crippen molar-refractivity contribution in [2.24, 2.45) is 5.92 Å². The molecule has 0 aliphatic heterocycles. The normalized spacial score (nSPS) is 14.2. The molecule has 0 radical (unpaired) electrons. The summed E-state index contributed by atoms with van der Waals surface area (Å²) in [6.07, 6.45) is 13.3. The van der Waals surface area contributed by atoms with Gasteiger partial charge >= 0.3 is 0 Å². The van der Waals surface area contributed by atoms with Gasteiger partial charge in [-0.25, -0.2) is 17.8 Å². The summed E-state index contributed by atoms with van der Waals surface area (Å²) in [4.78, 5) is 29.8. The number of fused-ring (bicyclic) bond motifs is 2. The van der Waals surface area contributed by atoms with Gasteiger partial charge in [0.05, 0.1) is 34.7 Å². The number of carbonyl (C=O) groups is 1. The number of hydrogen-bond donors (Lipinski definition) is 3. The minimum atomic E-state index is -3.20. The van der Waals surface area contributed by atoms with Gasteiger partial charge in [0.2, 0.25) is 5.91 Å². The molecule has 0 saturated heterocycles. The van der Waals surface area contributed by atoms with Gasteiger partial charge in [-0.2, -0.15) is 5.10 Å². The molecule has 1 aliphatic rings. The van der Waals surface area contributed by atoms with Gasteiger partial charge in [-0.1, -0.05) is 19.3 Å². The Morgan fingerprint density at radius 2 is 1.78 bits per heavy atom. The molecule has 5 heterocycles. The predicted octanol–water partition coefficient (Wildman–Crippen LogP) is 6.48. The summed E-state index contributed by atoms with van der Waals surface area (Å²) < 4.78 is 38.0. The number of rotatable bonds is 8. The molecule has 1 aromatic carbocycles. The number of sulfone groups is 1. The fraction of sp³-hybridized carbons (Fsp3) is 0.265. The molecule has 0 atom stereocenters. The lowest BCUT2D eigenvalue weighted by Gasteiger charge is -2.20. The third kappa shape index (κ3) is 6.25. The van der Waals surface area contributed by atoms with Crippen LogP contribution in [-0.2, 0) is 21.1 Å². The number of hydrogen-bond acceptors (Lipinski definition) is 7. The van der Waals surface area contributed by atoms with Crippen molar-refractivity contribution < 1.29 is 17.6 Å². The van der Waals surface area contributed by atoms with Crippen LogP contribution in [0.5, 0.6) is 0 Å². The Hall–Kier alpha value is -4.97. The fourth-order valence-electron chi connectivity index (χ4n) is 6.19. The summed E-state index contributed by atoms with van der Waals surface area (Å²) in [5, 5.41) is 12.1. The van der Waals surface area contributed by atoms with E-state index in [-0.39, 0.29) is 24.0 Å². The van der Waals surface area contributed by atoms with Crippen LogP contribution in [0, 0.1) is 11.7 Å².